The molecule has 0 saturated carbocycles. The van der Waals surface area contributed by atoms with Crippen molar-refractivity contribution in [1.82, 2.24) is 9.11 Å². The second-order valence-corrected chi connectivity index (χ2v) is 8.30. The summed E-state index contributed by atoms with van der Waals surface area (Å²) >= 11 is 0. The van der Waals surface area contributed by atoms with Gasteiger partial charge in [0.05, 0.1) is 0 Å². The molecule has 0 aromatic carbocycles. The van der Waals surface area contributed by atoms with Gasteiger partial charge in [-0.25, -0.2) is 0 Å². The maximum absolute atomic E-state index is 2.88. The normalized spacial score (nSPS) is 14.2. The van der Waals surface area contributed by atoms with Crippen LogP contribution in [-0.2, 0) is 0 Å². The first-order valence-electron chi connectivity index (χ1n) is 5.83. The molecule has 0 radical (unpaired) electrons. The molecule has 0 fully saturated rings. The van der Waals surface area contributed by atoms with Crippen LogP contribution in [0.15, 0.2) is 0 Å². The minimum atomic E-state index is 0.192. The van der Waals surface area contributed by atoms with E-state index in [1.165, 1.54) is 0 Å². The summed E-state index contributed by atoms with van der Waals surface area (Å²) in [5.74, 6) is 0.649. The minimum Gasteiger partial charge on any atom is -0.282 e. The lowest BCUT2D eigenvalue weighted by molar-refractivity contribution is 0.162. The molecule has 0 aromatic heterocycles. The highest BCUT2D eigenvalue weighted by molar-refractivity contribution is 7.31. The summed E-state index contributed by atoms with van der Waals surface area (Å²) in [6.07, 6.45) is 1.14. The highest BCUT2D eigenvalue weighted by Gasteiger charge is 2.29. The van der Waals surface area contributed by atoms with Gasteiger partial charge < -0.3 is 0 Å². The molecule has 0 spiro atoms. The number of nitrogens with zero attached hydrogens (tertiary/aromatic N) is 2. The molecule has 2 nitrogen and oxygen atoms in total. The molecule has 5 heteroatoms. The average molecular weight is 282 g/mol. The lowest BCUT2D eigenvalue weighted by Gasteiger charge is -2.41. The van der Waals surface area contributed by atoms with Crippen LogP contribution >= 0.6 is 28.2 Å². The highest BCUT2D eigenvalue weighted by atomic mass is 31.1. The predicted octanol–water partition coefficient (Wildman–Crippen LogP) is 3.56. The maximum Gasteiger partial charge on any atom is 0.0231 e. The van der Waals surface area contributed by atoms with E-state index < -0.39 is 0 Å². The first kappa shape index (κ1) is 17.2. The van der Waals surface area contributed by atoms with Crippen molar-refractivity contribution in [2.75, 3.05) is 6.54 Å². The van der Waals surface area contributed by atoms with Crippen molar-refractivity contribution in [3.63, 3.8) is 0 Å². The van der Waals surface area contributed by atoms with Gasteiger partial charge in [0.15, 0.2) is 0 Å². The van der Waals surface area contributed by atoms with E-state index in [0.717, 1.165) is 13.0 Å². The smallest absolute Gasteiger partial charge is 0.0231 e. The summed E-state index contributed by atoms with van der Waals surface area (Å²) in [4.78, 5) is 0. The molecular formula is C11H29N2P3. The van der Waals surface area contributed by atoms with Crippen LogP contribution < -0.4 is 0 Å². The van der Waals surface area contributed by atoms with Gasteiger partial charge in [-0.2, -0.15) is 0 Å². The monoisotopic (exact) mass is 282 g/mol. The lowest BCUT2D eigenvalue weighted by atomic mass is 9.90. The Kier molecular flexibility index (Phi) is 6.88. The van der Waals surface area contributed by atoms with Crippen LogP contribution in [-0.4, -0.2) is 26.7 Å². The van der Waals surface area contributed by atoms with E-state index in [4.69, 9.17) is 0 Å². The molecule has 0 bridgehead atoms. The third-order valence-corrected chi connectivity index (χ3v) is 6.14. The average Bonchev–Trinajstić information content (AvgIpc) is 2.13. The van der Waals surface area contributed by atoms with Crippen molar-refractivity contribution < 1.29 is 0 Å². The number of rotatable bonds is 6. The third kappa shape index (κ3) is 4.83. The molecule has 0 aliphatic rings. The molecule has 0 aliphatic carbocycles. The van der Waals surface area contributed by atoms with Gasteiger partial charge in [-0.05, 0) is 40.0 Å². The molecule has 98 valence electrons. The Balaban J connectivity index is 4.33. The Morgan fingerprint density at radius 2 is 1.44 bits per heavy atom. The molecule has 0 amide bonds. The van der Waals surface area contributed by atoms with Crippen molar-refractivity contribution in [2.45, 2.75) is 59.0 Å². The van der Waals surface area contributed by atoms with E-state index in [1.54, 1.807) is 0 Å². The molecule has 0 N–H and O–H groups in total. The van der Waals surface area contributed by atoms with E-state index in [2.05, 4.69) is 78.8 Å². The van der Waals surface area contributed by atoms with Crippen LogP contribution in [0, 0.1) is 5.92 Å². The van der Waals surface area contributed by atoms with E-state index in [1.807, 2.05) is 0 Å². The van der Waals surface area contributed by atoms with Crippen LogP contribution in [0.3, 0.4) is 0 Å². The molecular weight excluding hydrogens is 253 g/mol. The van der Waals surface area contributed by atoms with Crippen molar-refractivity contribution in [3.8, 4) is 0 Å². The molecule has 0 rings (SSSR count). The molecule has 0 aliphatic heterocycles. The Morgan fingerprint density at radius 1 is 1.00 bits per heavy atom. The third-order valence-electron chi connectivity index (χ3n) is 3.82. The van der Waals surface area contributed by atoms with E-state index in [-0.39, 0.29) is 11.1 Å². The molecule has 3 unspecified atom stereocenters. The summed E-state index contributed by atoms with van der Waals surface area (Å²) in [6.45, 7) is 14.8. The highest BCUT2D eigenvalue weighted by Crippen LogP contribution is 2.31. The van der Waals surface area contributed by atoms with E-state index >= 15 is 0 Å². The fraction of sp³-hybridized carbons (Fsp3) is 1.00. The molecule has 0 saturated heterocycles. The minimum absolute atomic E-state index is 0.192. The second-order valence-electron chi connectivity index (χ2n) is 5.97. The zero-order valence-electron chi connectivity index (χ0n) is 11.6. The first-order chi connectivity index (χ1) is 7.01. The number of hydrogen-bond acceptors (Lipinski definition) is 2. The summed E-state index contributed by atoms with van der Waals surface area (Å²) < 4.78 is 4.52. The quantitative estimate of drug-likeness (QED) is 0.687. The van der Waals surface area contributed by atoms with E-state index in [9.17, 15) is 0 Å². The second kappa shape index (κ2) is 6.40. The number of hydrogen-bond donors (Lipinski definition) is 0. The molecule has 0 aromatic rings. The zero-order chi connectivity index (χ0) is 13.1. The summed E-state index contributed by atoms with van der Waals surface area (Å²) in [6, 6.07) is 0. The Morgan fingerprint density at radius 3 is 1.75 bits per heavy atom. The molecule has 0 heterocycles. The van der Waals surface area contributed by atoms with Gasteiger partial charge in [0.2, 0.25) is 0 Å². The molecule has 16 heavy (non-hydrogen) atoms. The Labute approximate surface area is 109 Å². The fourth-order valence-electron chi connectivity index (χ4n) is 1.14. The fourth-order valence-corrected chi connectivity index (χ4v) is 1.83. The van der Waals surface area contributed by atoms with E-state index in [0.29, 0.717) is 5.92 Å². The topological polar surface area (TPSA) is 6.48 Å². The van der Waals surface area contributed by atoms with Crippen molar-refractivity contribution in [3.05, 3.63) is 0 Å². The predicted molar refractivity (Wildman–Crippen MR) is 85.3 cm³/mol. The molecule has 3 atom stereocenters. The first-order valence-corrected chi connectivity index (χ1v) is 7.38. The van der Waals surface area contributed by atoms with Gasteiger partial charge >= 0.3 is 0 Å². The van der Waals surface area contributed by atoms with Crippen LogP contribution in [0.2, 0.25) is 0 Å². The van der Waals surface area contributed by atoms with Crippen molar-refractivity contribution >= 4 is 28.2 Å². The van der Waals surface area contributed by atoms with Crippen LogP contribution in [0.25, 0.3) is 0 Å². The van der Waals surface area contributed by atoms with Gasteiger partial charge in [-0.1, -0.05) is 42.0 Å². The van der Waals surface area contributed by atoms with Crippen LogP contribution in [0.5, 0.6) is 0 Å². The summed E-state index contributed by atoms with van der Waals surface area (Å²) in [7, 11) is 8.34. The maximum atomic E-state index is 2.88. The van der Waals surface area contributed by atoms with Gasteiger partial charge in [0.25, 0.3) is 0 Å². The van der Waals surface area contributed by atoms with Crippen molar-refractivity contribution in [2.24, 2.45) is 5.92 Å². The van der Waals surface area contributed by atoms with Crippen LogP contribution in [0.4, 0.5) is 0 Å². The Hall–Kier alpha value is 1.21. The lowest BCUT2D eigenvalue weighted by Crippen LogP contribution is -2.44. The van der Waals surface area contributed by atoms with Gasteiger partial charge in [-0.3, -0.25) is 9.11 Å². The van der Waals surface area contributed by atoms with Gasteiger partial charge in [0, 0.05) is 17.6 Å². The largest absolute Gasteiger partial charge is 0.282 e. The van der Waals surface area contributed by atoms with Gasteiger partial charge in [-0.15, -0.1) is 0 Å². The summed E-state index contributed by atoms with van der Waals surface area (Å²) in [5, 5.41) is 0. The van der Waals surface area contributed by atoms with Crippen molar-refractivity contribution in [1.29, 1.82) is 0 Å². The zero-order valence-corrected chi connectivity index (χ0v) is 15.1. The van der Waals surface area contributed by atoms with Crippen LogP contribution in [0.1, 0.15) is 48.0 Å². The summed E-state index contributed by atoms with van der Waals surface area (Å²) in [5.41, 5.74) is 0.421. The van der Waals surface area contributed by atoms with Gasteiger partial charge in [0.1, 0.15) is 0 Å². The SMILES string of the molecule is CC(C)C(C)(C)N(P)CCC(C)(C)N(P)P. The standard InChI is InChI=1S/C11H29N2P3/c1-9(2)11(5,6)12(14)8-7-10(3,4)13(15)16/h9H,7-8,14-16H2,1-6H3. The Bertz CT molecular complexity index is 215.